The summed E-state index contributed by atoms with van der Waals surface area (Å²) in [5, 5.41) is 2.74. The molecule has 0 bridgehead atoms. The zero-order valence-corrected chi connectivity index (χ0v) is 8.94. The lowest BCUT2D eigenvalue weighted by molar-refractivity contribution is -0.120. The van der Waals surface area contributed by atoms with Crippen molar-refractivity contribution in [3.63, 3.8) is 0 Å². The maximum atomic E-state index is 10.5. The third kappa shape index (κ3) is 16.2. The van der Waals surface area contributed by atoms with Crippen LogP contribution in [-0.4, -0.2) is 12.5 Å². The van der Waals surface area contributed by atoms with Crippen LogP contribution in [0.25, 0.3) is 0 Å². The number of rotatable bonds is 4. The molecule has 1 amide bonds. The Morgan fingerprint density at radius 2 is 1.58 bits per heavy atom. The monoisotopic (exact) mass is 175 g/mol. The van der Waals surface area contributed by atoms with Gasteiger partial charge in [-0.25, -0.2) is 0 Å². The zero-order valence-electron chi connectivity index (χ0n) is 8.94. The third-order valence-corrected chi connectivity index (χ3v) is 1.39. The summed E-state index contributed by atoms with van der Waals surface area (Å²) in [5.74, 6) is 0.145. The number of hydrogen-bond acceptors (Lipinski definition) is 1. The molecule has 0 aliphatic carbocycles. The Bertz CT molecular complexity index is 94.9. The van der Waals surface area contributed by atoms with Crippen molar-refractivity contribution in [2.75, 3.05) is 6.54 Å². The van der Waals surface area contributed by atoms with Crippen LogP contribution in [0.2, 0.25) is 0 Å². The minimum Gasteiger partial charge on any atom is -0.356 e. The maximum absolute atomic E-state index is 10.5. The molecule has 0 aromatic carbocycles. The molecule has 0 aliphatic rings. The van der Waals surface area contributed by atoms with Gasteiger partial charge in [-0.1, -0.05) is 40.5 Å². The lowest BCUT2D eigenvalue weighted by Crippen LogP contribution is -2.22. The SMILES string of the molecule is CCCC.CCCNC(=O)CC.[HH]. The Balaban J connectivity index is -0.000000173. The van der Waals surface area contributed by atoms with Crippen molar-refractivity contribution in [1.82, 2.24) is 5.32 Å². The fraction of sp³-hybridized carbons (Fsp3) is 0.900. The van der Waals surface area contributed by atoms with E-state index < -0.39 is 0 Å². The first-order valence-electron chi connectivity index (χ1n) is 4.99. The Morgan fingerprint density at radius 1 is 1.08 bits per heavy atom. The van der Waals surface area contributed by atoms with Gasteiger partial charge in [0.2, 0.25) is 5.91 Å². The van der Waals surface area contributed by atoms with Crippen molar-refractivity contribution < 1.29 is 6.22 Å². The van der Waals surface area contributed by atoms with Gasteiger partial charge in [0.15, 0.2) is 0 Å². The Labute approximate surface area is 78.2 Å². The number of hydrogen-bond donors (Lipinski definition) is 1. The van der Waals surface area contributed by atoms with Crippen LogP contribution in [0.5, 0.6) is 0 Å². The molecule has 2 heteroatoms. The minimum atomic E-state index is 0. The average molecular weight is 175 g/mol. The first-order valence-corrected chi connectivity index (χ1v) is 4.99. The van der Waals surface area contributed by atoms with E-state index >= 15 is 0 Å². The van der Waals surface area contributed by atoms with Crippen molar-refractivity contribution in [2.45, 2.75) is 53.4 Å². The van der Waals surface area contributed by atoms with Gasteiger partial charge < -0.3 is 5.32 Å². The molecule has 1 N–H and O–H groups in total. The predicted molar refractivity (Wildman–Crippen MR) is 56.3 cm³/mol. The van der Waals surface area contributed by atoms with Crippen LogP contribution < -0.4 is 5.32 Å². The number of unbranched alkanes of at least 4 members (excludes halogenated alkanes) is 1. The third-order valence-electron chi connectivity index (χ3n) is 1.39. The Kier molecular flexibility index (Phi) is 15.3. The summed E-state index contributed by atoms with van der Waals surface area (Å²) in [7, 11) is 0. The molecule has 0 radical (unpaired) electrons. The van der Waals surface area contributed by atoms with E-state index in [4.69, 9.17) is 0 Å². The van der Waals surface area contributed by atoms with Gasteiger partial charge in [0.25, 0.3) is 0 Å². The topological polar surface area (TPSA) is 29.1 Å². The van der Waals surface area contributed by atoms with Gasteiger partial charge in [-0.05, 0) is 6.42 Å². The summed E-state index contributed by atoms with van der Waals surface area (Å²) >= 11 is 0. The molecule has 0 heterocycles. The number of nitrogens with one attached hydrogen (secondary N) is 1. The Morgan fingerprint density at radius 3 is 1.83 bits per heavy atom. The first-order chi connectivity index (χ1) is 5.72. The lowest BCUT2D eigenvalue weighted by Gasteiger charge is -1.97. The van der Waals surface area contributed by atoms with E-state index in [0.29, 0.717) is 6.42 Å². The summed E-state index contributed by atoms with van der Waals surface area (Å²) in [4.78, 5) is 10.5. The van der Waals surface area contributed by atoms with Crippen LogP contribution in [0.4, 0.5) is 0 Å². The fourth-order valence-electron chi connectivity index (χ4n) is 0.389. The number of carbonyl (C=O) groups excluding carboxylic acids is 1. The molecule has 0 fully saturated rings. The molecule has 0 aliphatic heterocycles. The summed E-state index contributed by atoms with van der Waals surface area (Å²) < 4.78 is 0. The molecule has 2 nitrogen and oxygen atoms in total. The van der Waals surface area contributed by atoms with Crippen molar-refractivity contribution in [3.05, 3.63) is 0 Å². The summed E-state index contributed by atoms with van der Waals surface area (Å²) in [5.41, 5.74) is 0. The highest BCUT2D eigenvalue weighted by Gasteiger charge is 1.90. The first kappa shape index (κ1) is 14.0. The molecular weight excluding hydrogens is 150 g/mol. The van der Waals surface area contributed by atoms with Gasteiger partial charge in [-0.3, -0.25) is 4.79 Å². The second kappa shape index (κ2) is 13.1. The molecule has 0 aromatic rings. The molecule has 0 atom stereocenters. The molecule has 0 saturated heterocycles. The molecule has 0 saturated carbocycles. The largest absolute Gasteiger partial charge is 0.356 e. The van der Waals surface area contributed by atoms with E-state index in [1.807, 2.05) is 13.8 Å². The predicted octanol–water partition coefficient (Wildman–Crippen LogP) is 2.98. The van der Waals surface area contributed by atoms with Crippen LogP contribution in [0.15, 0.2) is 0 Å². The Hall–Kier alpha value is -0.530. The smallest absolute Gasteiger partial charge is 0.219 e. The highest BCUT2D eigenvalue weighted by molar-refractivity contribution is 5.75. The summed E-state index contributed by atoms with van der Waals surface area (Å²) in [6.45, 7) is 9.06. The van der Waals surface area contributed by atoms with Gasteiger partial charge in [0.1, 0.15) is 0 Å². The van der Waals surface area contributed by atoms with Crippen molar-refractivity contribution >= 4 is 5.91 Å². The molecule has 0 spiro atoms. The molecule has 0 rings (SSSR count). The molecular formula is C10H25NO. The van der Waals surface area contributed by atoms with E-state index in [2.05, 4.69) is 19.2 Å². The van der Waals surface area contributed by atoms with Crippen LogP contribution in [0, 0.1) is 0 Å². The van der Waals surface area contributed by atoms with Crippen molar-refractivity contribution in [1.29, 1.82) is 0 Å². The number of carbonyl (C=O) groups is 1. The van der Waals surface area contributed by atoms with E-state index in [1.165, 1.54) is 12.8 Å². The van der Waals surface area contributed by atoms with Gasteiger partial charge >= 0.3 is 0 Å². The second-order valence-corrected chi connectivity index (χ2v) is 2.70. The number of amides is 1. The molecule has 76 valence electrons. The van der Waals surface area contributed by atoms with E-state index in [9.17, 15) is 4.79 Å². The van der Waals surface area contributed by atoms with Gasteiger partial charge in [0, 0.05) is 14.4 Å². The van der Waals surface area contributed by atoms with Crippen LogP contribution in [-0.2, 0) is 4.79 Å². The van der Waals surface area contributed by atoms with Gasteiger partial charge in [0.05, 0.1) is 0 Å². The highest BCUT2D eigenvalue weighted by atomic mass is 16.1. The summed E-state index contributed by atoms with van der Waals surface area (Å²) in [6.07, 6.45) is 4.26. The fourth-order valence-corrected chi connectivity index (χ4v) is 0.389. The normalized spacial score (nSPS) is 8.33. The molecule has 0 aromatic heterocycles. The average Bonchev–Trinajstić information content (AvgIpc) is 2.14. The lowest BCUT2D eigenvalue weighted by atomic mass is 10.4. The van der Waals surface area contributed by atoms with Crippen LogP contribution >= 0.6 is 0 Å². The van der Waals surface area contributed by atoms with Crippen LogP contribution in [0.3, 0.4) is 0 Å². The highest BCUT2D eigenvalue weighted by Crippen LogP contribution is 1.76. The standard InChI is InChI=1S/C6H13NO.C4H10.H2/c1-3-5-7-6(8)4-2;1-3-4-2;/h3-5H2,1-2H3,(H,7,8);3-4H2,1-2H3;1H. The van der Waals surface area contributed by atoms with E-state index in [0.717, 1.165) is 13.0 Å². The maximum Gasteiger partial charge on any atom is 0.219 e. The van der Waals surface area contributed by atoms with Crippen molar-refractivity contribution in [3.8, 4) is 0 Å². The van der Waals surface area contributed by atoms with Gasteiger partial charge in [-0.15, -0.1) is 0 Å². The van der Waals surface area contributed by atoms with Crippen LogP contribution in [0.1, 0.15) is 54.8 Å². The molecule has 0 unspecified atom stereocenters. The minimum absolute atomic E-state index is 0. The van der Waals surface area contributed by atoms with E-state index in [1.54, 1.807) is 0 Å². The van der Waals surface area contributed by atoms with E-state index in [-0.39, 0.29) is 7.33 Å². The van der Waals surface area contributed by atoms with Gasteiger partial charge in [-0.2, -0.15) is 0 Å². The second-order valence-electron chi connectivity index (χ2n) is 2.70. The summed E-state index contributed by atoms with van der Waals surface area (Å²) in [6, 6.07) is 0. The quantitative estimate of drug-likeness (QED) is 0.699. The van der Waals surface area contributed by atoms with Crippen molar-refractivity contribution in [2.24, 2.45) is 0 Å². The molecule has 12 heavy (non-hydrogen) atoms. The zero-order chi connectivity index (χ0) is 9.82.